The minimum absolute atomic E-state index is 0.231. The molecular formula is C12H20INO3. The molecule has 0 bridgehead atoms. The van der Waals surface area contributed by atoms with Gasteiger partial charge in [-0.25, -0.2) is 4.79 Å². The summed E-state index contributed by atoms with van der Waals surface area (Å²) in [5.74, 6) is 0.231. The number of carbonyl (C=O) groups is 1. The van der Waals surface area contributed by atoms with Crippen molar-refractivity contribution in [2.24, 2.45) is 5.92 Å². The van der Waals surface area contributed by atoms with Gasteiger partial charge in [-0.05, 0) is 26.7 Å². The summed E-state index contributed by atoms with van der Waals surface area (Å²) in [6, 6.07) is 0. The number of nitrogens with zero attached hydrogens (tertiary/aromatic N) is 1. The summed E-state index contributed by atoms with van der Waals surface area (Å²) in [5.41, 5.74) is 0.439. The largest absolute Gasteiger partial charge is 0.484 e. The maximum Gasteiger partial charge on any atom is 0.414 e. The highest BCUT2D eigenvalue weighted by atomic mass is 127. The number of hydrogen-bond acceptors (Lipinski definition) is 3. The fraction of sp³-hybridized carbons (Fsp3) is 0.750. The third-order valence-electron chi connectivity index (χ3n) is 2.20. The molecule has 0 N–H and O–H groups in total. The summed E-state index contributed by atoms with van der Waals surface area (Å²) in [4.78, 5) is 13.8. The van der Waals surface area contributed by atoms with Crippen LogP contribution >= 0.6 is 22.6 Å². The zero-order valence-electron chi connectivity index (χ0n) is 11.0. The molecule has 0 spiro atoms. The van der Waals surface area contributed by atoms with E-state index < -0.39 is 5.60 Å². The average molecular weight is 353 g/mol. The van der Waals surface area contributed by atoms with Gasteiger partial charge in [0.25, 0.3) is 0 Å². The normalized spacial score (nSPS) is 17.2. The van der Waals surface area contributed by atoms with Crippen molar-refractivity contribution in [3.63, 3.8) is 0 Å². The second kappa shape index (κ2) is 5.46. The highest BCUT2D eigenvalue weighted by Crippen LogP contribution is 2.29. The fourth-order valence-corrected chi connectivity index (χ4v) is 2.71. The van der Waals surface area contributed by atoms with Crippen LogP contribution in [0.3, 0.4) is 0 Å². The lowest BCUT2D eigenvalue weighted by Gasteiger charge is -2.34. The van der Waals surface area contributed by atoms with E-state index in [-0.39, 0.29) is 12.0 Å². The van der Waals surface area contributed by atoms with Crippen LogP contribution in [0.15, 0.2) is 9.46 Å². The second-order valence-electron chi connectivity index (χ2n) is 5.29. The zero-order chi connectivity index (χ0) is 13.2. The van der Waals surface area contributed by atoms with Gasteiger partial charge in [-0.3, -0.25) is 4.90 Å². The van der Waals surface area contributed by atoms with E-state index in [1.54, 1.807) is 4.90 Å². The quantitative estimate of drug-likeness (QED) is 0.677. The Balaban J connectivity index is 2.89. The van der Waals surface area contributed by atoms with Crippen LogP contribution in [0.1, 0.15) is 34.6 Å². The summed E-state index contributed by atoms with van der Waals surface area (Å²) >= 11 is 2.13. The molecule has 0 atom stereocenters. The smallest absolute Gasteiger partial charge is 0.414 e. The molecule has 0 saturated heterocycles. The van der Waals surface area contributed by atoms with Gasteiger partial charge in [0.15, 0.2) is 3.77 Å². The van der Waals surface area contributed by atoms with Gasteiger partial charge in [0.05, 0.1) is 12.2 Å². The van der Waals surface area contributed by atoms with Crippen LogP contribution in [0.25, 0.3) is 0 Å². The lowest BCUT2D eigenvalue weighted by Crippen LogP contribution is -2.41. The molecule has 4 nitrogen and oxygen atoms in total. The molecule has 1 heterocycles. The Morgan fingerprint density at radius 3 is 2.53 bits per heavy atom. The van der Waals surface area contributed by atoms with Crippen molar-refractivity contribution < 1.29 is 14.3 Å². The molecule has 0 aromatic heterocycles. The van der Waals surface area contributed by atoms with Gasteiger partial charge in [0.1, 0.15) is 12.2 Å². The topological polar surface area (TPSA) is 38.8 Å². The Morgan fingerprint density at radius 2 is 2.06 bits per heavy atom. The van der Waals surface area contributed by atoms with Crippen molar-refractivity contribution >= 4 is 28.7 Å². The van der Waals surface area contributed by atoms with Gasteiger partial charge in [0, 0.05) is 22.6 Å². The molecule has 0 aromatic carbocycles. The molecule has 1 aliphatic rings. The Labute approximate surface area is 116 Å². The van der Waals surface area contributed by atoms with Crippen LogP contribution in [-0.2, 0) is 9.47 Å². The van der Waals surface area contributed by atoms with E-state index in [0.717, 1.165) is 9.46 Å². The number of carbonyl (C=O) groups excluding carboxylic acids is 1. The monoisotopic (exact) mass is 353 g/mol. The van der Waals surface area contributed by atoms with Crippen LogP contribution < -0.4 is 0 Å². The SMILES string of the molecule is CC(C)C1=C(I)OCCN1C(=O)OC(C)(C)C. The number of amides is 1. The molecule has 5 heteroatoms. The predicted octanol–water partition coefficient (Wildman–Crippen LogP) is 3.51. The van der Waals surface area contributed by atoms with Crippen molar-refractivity contribution in [2.45, 2.75) is 40.2 Å². The first-order chi connectivity index (χ1) is 7.72. The molecule has 0 unspecified atom stereocenters. The van der Waals surface area contributed by atoms with Crippen molar-refractivity contribution in [1.82, 2.24) is 4.90 Å². The number of rotatable bonds is 1. The Bertz CT molecular complexity index is 331. The first-order valence-corrected chi connectivity index (χ1v) is 6.83. The molecule has 17 heavy (non-hydrogen) atoms. The summed E-state index contributed by atoms with van der Waals surface area (Å²) in [5, 5.41) is 0. The van der Waals surface area contributed by atoms with E-state index in [0.29, 0.717) is 13.2 Å². The Morgan fingerprint density at radius 1 is 1.47 bits per heavy atom. The highest BCUT2D eigenvalue weighted by molar-refractivity contribution is 14.1. The van der Waals surface area contributed by atoms with Crippen LogP contribution in [0, 0.1) is 5.92 Å². The van der Waals surface area contributed by atoms with Gasteiger partial charge in [-0.1, -0.05) is 13.8 Å². The first kappa shape index (κ1) is 14.6. The number of halogens is 1. The maximum absolute atomic E-state index is 12.1. The van der Waals surface area contributed by atoms with E-state index in [1.807, 2.05) is 34.6 Å². The lowest BCUT2D eigenvalue weighted by atomic mass is 10.1. The second-order valence-corrected chi connectivity index (χ2v) is 6.27. The first-order valence-electron chi connectivity index (χ1n) is 5.75. The van der Waals surface area contributed by atoms with Gasteiger partial charge in [-0.2, -0.15) is 0 Å². The molecule has 1 rings (SSSR count). The molecule has 0 saturated carbocycles. The average Bonchev–Trinajstić information content (AvgIpc) is 2.13. The van der Waals surface area contributed by atoms with Crippen molar-refractivity contribution in [1.29, 1.82) is 0 Å². The maximum atomic E-state index is 12.1. The van der Waals surface area contributed by atoms with Gasteiger partial charge >= 0.3 is 6.09 Å². The molecule has 1 aliphatic heterocycles. The summed E-state index contributed by atoms with van der Waals surface area (Å²) < 4.78 is 11.7. The number of allylic oxidation sites excluding steroid dienone is 1. The van der Waals surface area contributed by atoms with Gasteiger partial charge < -0.3 is 9.47 Å². The van der Waals surface area contributed by atoms with Crippen LogP contribution in [0.4, 0.5) is 4.79 Å². The minimum Gasteiger partial charge on any atom is -0.484 e. The zero-order valence-corrected chi connectivity index (χ0v) is 13.2. The van der Waals surface area contributed by atoms with Gasteiger partial charge in [0.2, 0.25) is 0 Å². The molecule has 0 fully saturated rings. The van der Waals surface area contributed by atoms with E-state index in [2.05, 4.69) is 22.6 Å². The van der Waals surface area contributed by atoms with E-state index >= 15 is 0 Å². The third-order valence-corrected chi connectivity index (χ3v) is 3.06. The number of hydrogen-bond donors (Lipinski definition) is 0. The highest BCUT2D eigenvalue weighted by Gasteiger charge is 2.30. The molecular weight excluding hydrogens is 333 g/mol. The van der Waals surface area contributed by atoms with Crippen molar-refractivity contribution in [3.8, 4) is 0 Å². The molecule has 0 radical (unpaired) electrons. The fourth-order valence-electron chi connectivity index (χ4n) is 1.57. The van der Waals surface area contributed by atoms with Crippen molar-refractivity contribution in [3.05, 3.63) is 9.46 Å². The van der Waals surface area contributed by atoms with Crippen LogP contribution in [0.5, 0.6) is 0 Å². The summed E-state index contributed by atoms with van der Waals surface area (Å²) in [7, 11) is 0. The molecule has 0 aliphatic carbocycles. The van der Waals surface area contributed by atoms with Crippen molar-refractivity contribution in [2.75, 3.05) is 13.2 Å². The molecule has 0 aromatic rings. The standard InChI is InChI=1S/C12H20INO3/c1-8(2)9-10(13)16-7-6-14(9)11(15)17-12(3,4)5/h8H,6-7H2,1-5H3. The third kappa shape index (κ3) is 4.04. The lowest BCUT2D eigenvalue weighted by molar-refractivity contribution is 0.0205. The summed E-state index contributed by atoms with van der Waals surface area (Å²) in [6.07, 6.45) is -0.293. The van der Waals surface area contributed by atoms with Gasteiger partial charge in [-0.15, -0.1) is 0 Å². The van der Waals surface area contributed by atoms with E-state index in [1.165, 1.54) is 0 Å². The summed E-state index contributed by atoms with van der Waals surface area (Å²) in [6.45, 7) is 10.8. The van der Waals surface area contributed by atoms with Crippen LogP contribution in [0.2, 0.25) is 0 Å². The minimum atomic E-state index is -0.469. The van der Waals surface area contributed by atoms with Crippen LogP contribution in [-0.4, -0.2) is 29.7 Å². The van der Waals surface area contributed by atoms with E-state index in [4.69, 9.17) is 9.47 Å². The number of ether oxygens (including phenoxy) is 2. The Kier molecular flexibility index (Phi) is 4.69. The Hall–Kier alpha value is -0.460. The predicted molar refractivity (Wildman–Crippen MR) is 74.8 cm³/mol. The van der Waals surface area contributed by atoms with E-state index in [9.17, 15) is 4.79 Å². The molecule has 98 valence electrons. The molecule has 1 amide bonds.